The molecule has 0 aromatic heterocycles. The first-order chi connectivity index (χ1) is 19.1. The van der Waals surface area contributed by atoms with Gasteiger partial charge in [-0.05, 0) is 60.8 Å². The van der Waals surface area contributed by atoms with Gasteiger partial charge in [0.05, 0.1) is 24.5 Å². The molecule has 1 aromatic carbocycles. The van der Waals surface area contributed by atoms with Gasteiger partial charge in [-0.25, -0.2) is 4.79 Å². The third kappa shape index (κ3) is 9.56. The van der Waals surface area contributed by atoms with Gasteiger partial charge in [-0.2, -0.15) is 0 Å². The molecule has 1 saturated carbocycles. The quantitative estimate of drug-likeness (QED) is 0.137. The second-order valence-electron chi connectivity index (χ2n) is 13.0. The predicted molar refractivity (Wildman–Crippen MR) is 160 cm³/mol. The van der Waals surface area contributed by atoms with Crippen LogP contribution in [0.1, 0.15) is 91.5 Å². The van der Waals surface area contributed by atoms with Crippen molar-refractivity contribution in [3.05, 3.63) is 60.7 Å². The van der Waals surface area contributed by atoms with Gasteiger partial charge in [-0.15, -0.1) is 0 Å². The lowest BCUT2D eigenvalue weighted by Crippen LogP contribution is -2.44. The molecule has 6 unspecified atom stereocenters. The summed E-state index contributed by atoms with van der Waals surface area (Å²) in [5.74, 6) is -3.02. The Morgan fingerprint density at radius 1 is 1.10 bits per heavy atom. The van der Waals surface area contributed by atoms with Crippen LogP contribution >= 0.6 is 0 Å². The van der Waals surface area contributed by atoms with Gasteiger partial charge in [-0.3, -0.25) is 9.59 Å². The highest BCUT2D eigenvalue weighted by Crippen LogP contribution is 2.48. The van der Waals surface area contributed by atoms with Crippen molar-refractivity contribution in [2.75, 3.05) is 6.61 Å². The molecule has 0 amide bonds. The number of esters is 2. The van der Waals surface area contributed by atoms with Gasteiger partial charge in [0.2, 0.25) is 0 Å². The Morgan fingerprint density at radius 3 is 2.27 bits per heavy atom. The summed E-state index contributed by atoms with van der Waals surface area (Å²) in [5, 5.41) is 20.5. The number of rotatable bonds is 15. The number of benzene rings is 1. The molecule has 0 bridgehead atoms. The smallest absolute Gasteiger partial charge is 0.330 e. The highest BCUT2D eigenvalue weighted by Gasteiger charge is 2.44. The van der Waals surface area contributed by atoms with E-state index >= 15 is 0 Å². The Kier molecular flexibility index (Phi) is 12.4. The molecule has 228 valence electrons. The fraction of sp³-hybridized carbons (Fsp3) is 0.618. The molecule has 7 heteroatoms. The van der Waals surface area contributed by atoms with Crippen molar-refractivity contribution in [1.29, 1.82) is 0 Å². The predicted octanol–water partition coefficient (Wildman–Crippen LogP) is 6.71. The van der Waals surface area contributed by atoms with Gasteiger partial charge >= 0.3 is 17.9 Å². The third-order valence-electron chi connectivity index (χ3n) is 8.86. The number of allylic oxidation sites excluding steroid dienone is 1. The number of aliphatic hydroxyl groups excluding tert-OH is 1. The van der Waals surface area contributed by atoms with Crippen molar-refractivity contribution in [1.82, 2.24) is 0 Å². The van der Waals surface area contributed by atoms with Crippen LogP contribution in [0.4, 0.5) is 0 Å². The number of carbonyl (C=O) groups excluding carboxylic acids is 2. The lowest BCUT2D eigenvalue weighted by molar-refractivity contribution is -0.171. The summed E-state index contributed by atoms with van der Waals surface area (Å²) < 4.78 is 11.1. The first-order valence-corrected chi connectivity index (χ1v) is 14.8. The Morgan fingerprint density at radius 2 is 1.73 bits per heavy atom. The van der Waals surface area contributed by atoms with Crippen LogP contribution in [0.25, 0.3) is 0 Å². The molecule has 2 N–H and O–H groups in total. The fourth-order valence-electron chi connectivity index (χ4n) is 6.16. The number of carbonyl (C=O) groups is 3. The molecule has 1 fully saturated rings. The van der Waals surface area contributed by atoms with Crippen molar-refractivity contribution in [2.45, 2.75) is 98.2 Å². The highest BCUT2D eigenvalue weighted by atomic mass is 16.6. The van der Waals surface area contributed by atoms with E-state index in [4.69, 9.17) is 9.47 Å². The summed E-state index contributed by atoms with van der Waals surface area (Å²) in [6.45, 7) is 19.9. The summed E-state index contributed by atoms with van der Waals surface area (Å²) >= 11 is 0. The minimum absolute atomic E-state index is 0.0290. The van der Waals surface area contributed by atoms with Crippen molar-refractivity contribution in [2.24, 2.45) is 28.6 Å². The topological polar surface area (TPSA) is 110 Å². The molecule has 7 nitrogen and oxygen atoms in total. The van der Waals surface area contributed by atoms with E-state index in [1.807, 2.05) is 32.0 Å². The van der Waals surface area contributed by atoms with Crippen LogP contribution in [-0.4, -0.2) is 46.9 Å². The number of hydrogen-bond donors (Lipinski definition) is 2. The Bertz CT molecular complexity index is 1060. The van der Waals surface area contributed by atoms with Gasteiger partial charge in [0, 0.05) is 12.0 Å². The molecule has 0 radical (unpaired) electrons. The lowest BCUT2D eigenvalue weighted by Gasteiger charge is -2.42. The molecule has 0 heterocycles. The lowest BCUT2D eigenvalue weighted by atomic mass is 9.63. The monoisotopic (exact) mass is 570 g/mol. The molecule has 2 rings (SSSR count). The minimum Gasteiger partial charge on any atom is -0.481 e. The molecule has 1 aliphatic carbocycles. The summed E-state index contributed by atoms with van der Waals surface area (Å²) in [5.41, 5.74) is 1.03. The van der Waals surface area contributed by atoms with E-state index in [9.17, 15) is 24.6 Å². The largest absolute Gasteiger partial charge is 0.481 e. The summed E-state index contributed by atoms with van der Waals surface area (Å²) in [6, 6.07) is 10.2. The zero-order valence-corrected chi connectivity index (χ0v) is 25.7. The van der Waals surface area contributed by atoms with Crippen molar-refractivity contribution >= 4 is 17.9 Å². The van der Waals surface area contributed by atoms with Crippen molar-refractivity contribution < 1.29 is 34.1 Å². The third-order valence-corrected chi connectivity index (χ3v) is 8.86. The summed E-state index contributed by atoms with van der Waals surface area (Å²) in [7, 11) is 0. The maximum absolute atomic E-state index is 13.9. The van der Waals surface area contributed by atoms with Crippen LogP contribution in [0, 0.1) is 28.6 Å². The maximum atomic E-state index is 13.9. The van der Waals surface area contributed by atoms with Crippen LogP contribution in [0.2, 0.25) is 0 Å². The molecule has 1 aliphatic rings. The molecular weight excluding hydrogens is 520 g/mol. The average molecular weight is 571 g/mol. The Balaban J connectivity index is 2.26. The van der Waals surface area contributed by atoms with Crippen LogP contribution in [0.5, 0.6) is 0 Å². The fourth-order valence-corrected chi connectivity index (χ4v) is 6.16. The van der Waals surface area contributed by atoms with E-state index in [0.717, 1.165) is 18.1 Å². The van der Waals surface area contributed by atoms with Gasteiger partial charge < -0.3 is 19.7 Å². The summed E-state index contributed by atoms with van der Waals surface area (Å²) in [4.78, 5) is 37.1. The van der Waals surface area contributed by atoms with Crippen molar-refractivity contribution in [3.63, 3.8) is 0 Å². The normalized spacial score (nSPS) is 21.7. The second kappa shape index (κ2) is 14.8. The summed E-state index contributed by atoms with van der Waals surface area (Å²) in [6.07, 6.45) is 2.57. The van der Waals surface area contributed by atoms with E-state index in [0.29, 0.717) is 32.1 Å². The van der Waals surface area contributed by atoms with Crippen LogP contribution < -0.4 is 0 Å². The zero-order valence-electron chi connectivity index (χ0n) is 25.7. The number of ether oxygens (including phenoxy) is 2. The van der Waals surface area contributed by atoms with E-state index < -0.39 is 52.8 Å². The van der Waals surface area contributed by atoms with E-state index in [2.05, 4.69) is 46.1 Å². The van der Waals surface area contributed by atoms with Gasteiger partial charge in [0.25, 0.3) is 0 Å². The van der Waals surface area contributed by atoms with Crippen LogP contribution in [-0.2, 0) is 23.9 Å². The Hall–Kier alpha value is -2.93. The standard InChI is InChI=1S/C34H50O7/c1-9-26(25-14-12-11-13-15-25)23(4)33(5,6)20-27(34(7,8)19-22(3)31(37)38)32(39)41-29-17-16-24(18-28(29)35)21-40-30(36)10-2/h10-15,22,24,26-29,35H,2,4,9,16-21H2,1,3,5-8H3,(H,37,38). The number of aliphatic hydroxyl groups is 1. The first kappa shape index (κ1) is 34.3. The Labute approximate surface area is 246 Å². The number of hydrogen-bond acceptors (Lipinski definition) is 6. The minimum atomic E-state index is -0.908. The average Bonchev–Trinajstić information content (AvgIpc) is 2.92. The van der Waals surface area contributed by atoms with E-state index in [1.54, 1.807) is 6.92 Å². The molecular formula is C34H50O7. The SMILES string of the molecule is C=CC(=O)OCC1CCC(OC(=O)C(CC(C)(C)C(=C)C(CC)c2ccccc2)C(C)(C)CC(C)C(=O)O)C(O)C1. The van der Waals surface area contributed by atoms with Crippen molar-refractivity contribution in [3.8, 4) is 0 Å². The highest BCUT2D eigenvalue weighted by molar-refractivity contribution is 5.81. The second-order valence-corrected chi connectivity index (χ2v) is 13.0. The molecule has 0 spiro atoms. The van der Waals surface area contributed by atoms with E-state index in [1.165, 1.54) is 5.56 Å². The molecule has 0 saturated heterocycles. The first-order valence-electron chi connectivity index (χ1n) is 14.8. The van der Waals surface area contributed by atoms with Gasteiger partial charge in [0.15, 0.2) is 0 Å². The number of carboxylic acids is 1. The number of aliphatic carboxylic acids is 1. The maximum Gasteiger partial charge on any atom is 0.330 e. The van der Waals surface area contributed by atoms with Crippen LogP contribution in [0.15, 0.2) is 55.1 Å². The molecule has 6 atom stereocenters. The van der Waals surface area contributed by atoms with E-state index in [-0.39, 0.29) is 18.4 Å². The zero-order chi connectivity index (χ0) is 31.0. The van der Waals surface area contributed by atoms with Crippen LogP contribution in [0.3, 0.4) is 0 Å². The number of carboxylic acid groups (broad SMARTS) is 1. The molecule has 1 aromatic rings. The molecule has 0 aliphatic heterocycles. The van der Waals surface area contributed by atoms with Gasteiger partial charge in [0.1, 0.15) is 6.10 Å². The van der Waals surface area contributed by atoms with Gasteiger partial charge in [-0.1, -0.05) is 90.6 Å². The molecule has 41 heavy (non-hydrogen) atoms.